The Hall–Kier alpha value is -3.19. The molecule has 0 saturated carbocycles. The first-order valence-electron chi connectivity index (χ1n) is 8.36. The Bertz CT molecular complexity index is 1050. The van der Waals surface area contributed by atoms with Crippen molar-refractivity contribution in [3.8, 4) is 5.69 Å². The lowest BCUT2D eigenvalue weighted by molar-refractivity contribution is 0.102. The van der Waals surface area contributed by atoms with Crippen LogP contribution in [0.3, 0.4) is 0 Å². The van der Waals surface area contributed by atoms with Crippen LogP contribution in [0.15, 0.2) is 83.9 Å². The van der Waals surface area contributed by atoms with Gasteiger partial charge in [-0.3, -0.25) is 9.48 Å². The largest absolute Gasteiger partial charge is 0.322 e. The zero-order valence-corrected chi connectivity index (χ0v) is 15.9. The average molecular weight is 422 g/mol. The van der Waals surface area contributed by atoms with Crippen molar-refractivity contribution >= 4 is 27.5 Å². The van der Waals surface area contributed by atoms with Crippen molar-refractivity contribution in [1.29, 1.82) is 0 Å². The Morgan fingerprint density at radius 1 is 1.07 bits per heavy atom. The predicted molar refractivity (Wildman–Crippen MR) is 107 cm³/mol. The van der Waals surface area contributed by atoms with Crippen molar-refractivity contribution in [2.75, 3.05) is 5.32 Å². The molecule has 134 valence electrons. The molecule has 2 aromatic carbocycles. The molecule has 0 aliphatic heterocycles. The van der Waals surface area contributed by atoms with Crippen molar-refractivity contribution in [1.82, 2.24) is 19.6 Å². The molecule has 0 radical (unpaired) electrons. The first kappa shape index (κ1) is 17.2. The van der Waals surface area contributed by atoms with Crippen molar-refractivity contribution in [3.63, 3.8) is 0 Å². The SMILES string of the molecule is O=C(Nc1cccc(Cn2cccn2)c1)c1ccc(-n2cc(Br)cn2)cc1. The monoisotopic (exact) mass is 421 g/mol. The lowest BCUT2D eigenvalue weighted by Gasteiger charge is -2.09. The number of benzene rings is 2. The van der Waals surface area contributed by atoms with Crippen LogP contribution in [-0.2, 0) is 6.54 Å². The van der Waals surface area contributed by atoms with E-state index in [2.05, 4.69) is 31.4 Å². The van der Waals surface area contributed by atoms with Crippen LogP contribution in [0.25, 0.3) is 5.69 Å². The number of carbonyl (C=O) groups excluding carboxylic acids is 1. The van der Waals surface area contributed by atoms with Gasteiger partial charge in [-0.05, 0) is 64.0 Å². The maximum Gasteiger partial charge on any atom is 0.255 e. The lowest BCUT2D eigenvalue weighted by Crippen LogP contribution is -2.12. The van der Waals surface area contributed by atoms with Crippen LogP contribution in [0.4, 0.5) is 5.69 Å². The summed E-state index contributed by atoms with van der Waals surface area (Å²) in [5, 5.41) is 11.4. The molecular weight excluding hydrogens is 406 g/mol. The average Bonchev–Trinajstić information content (AvgIpc) is 3.34. The van der Waals surface area contributed by atoms with E-state index in [-0.39, 0.29) is 5.91 Å². The number of halogens is 1. The Labute approximate surface area is 164 Å². The van der Waals surface area contributed by atoms with E-state index in [1.165, 1.54) is 0 Å². The minimum absolute atomic E-state index is 0.153. The summed E-state index contributed by atoms with van der Waals surface area (Å²) in [6.45, 7) is 0.658. The van der Waals surface area contributed by atoms with E-state index in [0.29, 0.717) is 12.1 Å². The van der Waals surface area contributed by atoms with Gasteiger partial charge >= 0.3 is 0 Å². The molecular formula is C20H16BrN5O. The minimum Gasteiger partial charge on any atom is -0.322 e. The van der Waals surface area contributed by atoms with E-state index < -0.39 is 0 Å². The molecule has 0 bridgehead atoms. The third-order valence-corrected chi connectivity index (χ3v) is 4.44. The fourth-order valence-corrected chi connectivity index (χ4v) is 3.02. The molecule has 1 amide bonds. The summed E-state index contributed by atoms with van der Waals surface area (Å²) in [5.41, 5.74) is 3.29. The van der Waals surface area contributed by atoms with Gasteiger partial charge in [0.15, 0.2) is 0 Å². The maximum atomic E-state index is 12.5. The molecule has 7 heteroatoms. The van der Waals surface area contributed by atoms with Gasteiger partial charge in [0.05, 0.1) is 22.9 Å². The van der Waals surface area contributed by atoms with E-state index >= 15 is 0 Å². The molecule has 0 fully saturated rings. The normalized spacial score (nSPS) is 10.7. The summed E-state index contributed by atoms with van der Waals surface area (Å²) in [7, 11) is 0. The van der Waals surface area contributed by atoms with E-state index in [1.54, 1.807) is 29.2 Å². The van der Waals surface area contributed by atoms with Gasteiger partial charge in [0.25, 0.3) is 5.91 Å². The second-order valence-corrected chi connectivity index (χ2v) is 6.92. The van der Waals surface area contributed by atoms with Crippen LogP contribution >= 0.6 is 15.9 Å². The van der Waals surface area contributed by atoms with E-state index in [0.717, 1.165) is 21.4 Å². The van der Waals surface area contributed by atoms with Crippen molar-refractivity contribution in [2.24, 2.45) is 0 Å². The molecule has 0 spiro atoms. The number of nitrogens with zero attached hydrogens (tertiary/aromatic N) is 4. The minimum atomic E-state index is -0.153. The van der Waals surface area contributed by atoms with Crippen LogP contribution in [0.1, 0.15) is 15.9 Å². The van der Waals surface area contributed by atoms with Gasteiger partial charge in [0.1, 0.15) is 0 Å². The van der Waals surface area contributed by atoms with Gasteiger partial charge in [0.2, 0.25) is 0 Å². The summed E-state index contributed by atoms with van der Waals surface area (Å²) in [4.78, 5) is 12.5. The fourth-order valence-electron chi connectivity index (χ4n) is 2.74. The van der Waals surface area contributed by atoms with Crippen molar-refractivity contribution < 1.29 is 4.79 Å². The molecule has 2 heterocycles. The lowest BCUT2D eigenvalue weighted by atomic mass is 10.1. The molecule has 4 aromatic rings. The van der Waals surface area contributed by atoms with Crippen LogP contribution < -0.4 is 5.32 Å². The third kappa shape index (κ3) is 4.15. The molecule has 4 rings (SSSR count). The molecule has 2 aromatic heterocycles. The van der Waals surface area contributed by atoms with Crippen LogP contribution in [0, 0.1) is 0 Å². The standard InChI is InChI=1S/C20H16BrN5O/c21-17-12-23-26(14-17)19-7-5-16(6-8-19)20(27)24-18-4-1-3-15(11-18)13-25-10-2-9-22-25/h1-12,14H,13H2,(H,24,27). The Balaban J connectivity index is 1.46. The number of rotatable bonds is 5. The van der Waals surface area contributed by atoms with E-state index in [9.17, 15) is 4.79 Å². The summed E-state index contributed by atoms with van der Waals surface area (Å²) in [5.74, 6) is -0.153. The molecule has 0 saturated heterocycles. The van der Waals surface area contributed by atoms with Crippen molar-refractivity contribution in [3.05, 3.63) is 95.0 Å². The number of carbonyl (C=O) groups is 1. The smallest absolute Gasteiger partial charge is 0.255 e. The fraction of sp³-hybridized carbons (Fsp3) is 0.0500. The number of amides is 1. The van der Waals surface area contributed by atoms with E-state index in [1.807, 2.05) is 59.5 Å². The van der Waals surface area contributed by atoms with Crippen LogP contribution in [0.5, 0.6) is 0 Å². The van der Waals surface area contributed by atoms with Gasteiger partial charge < -0.3 is 5.32 Å². The molecule has 0 unspecified atom stereocenters. The number of hydrogen-bond acceptors (Lipinski definition) is 3. The number of nitrogens with one attached hydrogen (secondary N) is 1. The highest BCUT2D eigenvalue weighted by Gasteiger charge is 2.08. The summed E-state index contributed by atoms with van der Waals surface area (Å²) in [6.07, 6.45) is 7.24. The zero-order valence-electron chi connectivity index (χ0n) is 14.3. The van der Waals surface area contributed by atoms with Crippen molar-refractivity contribution in [2.45, 2.75) is 6.54 Å². The van der Waals surface area contributed by atoms with Gasteiger partial charge in [-0.1, -0.05) is 12.1 Å². The maximum absolute atomic E-state index is 12.5. The van der Waals surface area contributed by atoms with Crippen LogP contribution in [0.2, 0.25) is 0 Å². The highest BCUT2D eigenvalue weighted by Crippen LogP contribution is 2.16. The number of aromatic nitrogens is 4. The number of anilines is 1. The van der Waals surface area contributed by atoms with E-state index in [4.69, 9.17) is 0 Å². The quantitative estimate of drug-likeness (QED) is 0.526. The summed E-state index contributed by atoms with van der Waals surface area (Å²) < 4.78 is 4.48. The van der Waals surface area contributed by atoms with Gasteiger partial charge in [-0.25, -0.2) is 4.68 Å². The third-order valence-electron chi connectivity index (χ3n) is 4.03. The predicted octanol–water partition coefficient (Wildman–Crippen LogP) is 4.13. The molecule has 0 aliphatic carbocycles. The molecule has 1 N–H and O–H groups in total. The first-order chi connectivity index (χ1) is 13.2. The number of hydrogen-bond donors (Lipinski definition) is 1. The molecule has 0 aliphatic rings. The summed E-state index contributed by atoms with van der Waals surface area (Å²) in [6, 6.07) is 16.9. The second-order valence-electron chi connectivity index (χ2n) is 6.01. The first-order valence-corrected chi connectivity index (χ1v) is 9.15. The van der Waals surface area contributed by atoms with Gasteiger partial charge in [-0.2, -0.15) is 10.2 Å². The Morgan fingerprint density at radius 2 is 1.93 bits per heavy atom. The Kier molecular flexibility index (Phi) is 4.84. The zero-order chi connectivity index (χ0) is 18.6. The van der Waals surface area contributed by atoms with Gasteiger partial charge in [0, 0.05) is 29.8 Å². The topological polar surface area (TPSA) is 64.7 Å². The molecule has 6 nitrogen and oxygen atoms in total. The molecule has 27 heavy (non-hydrogen) atoms. The van der Waals surface area contributed by atoms with Crippen LogP contribution in [-0.4, -0.2) is 25.5 Å². The second kappa shape index (κ2) is 7.59. The highest BCUT2D eigenvalue weighted by atomic mass is 79.9. The Morgan fingerprint density at radius 3 is 2.63 bits per heavy atom. The van der Waals surface area contributed by atoms with Gasteiger partial charge in [-0.15, -0.1) is 0 Å². The highest BCUT2D eigenvalue weighted by molar-refractivity contribution is 9.10. The molecule has 0 atom stereocenters. The summed E-state index contributed by atoms with van der Waals surface area (Å²) >= 11 is 3.38.